The summed E-state index contributed by atoms with van der Waals surface area (Å²) in [4.78, 5) is 10.6. The van der Waals surface area contributed by atoms with Crippen LogP contribution in [0.4, 0.5) is 0 Å². The molecule has 0 heterocycles. The summed E-state index contributed by atoms with van der Waals surface area (Å²) < 4.78 is 29.2. The maximum absolute atomic E-state index is 10.6. The molecule has 3 N–H and O–H groups in total. The van der Waals surface area contributed by atoms with Crippen LogP contribution in [0.25, 0.3) is 6.08 Å². The summed E-state index contributed by atoms with van der Waals surface area (Å²) in [7, 11) is -4.10. The number of nitrogens with two attached hydrogens (primary N) is 1. The monoisotopic (exact) mass is 441 g/mol. The van der Waals surface area contributed by atoms with Gasteiger partial charge in [0.2, 0.25) is 5.91 Å². The molecular weight excluding hydrogens is 432 g/mol. The molecule has 134 valence electrons. The number of carbonyl (C=O) groups is 1. The number of rotatable bonds is 3. The minimum absolute atomic E-state index is 0.282. The number of carbonyl (C=O) groups excluding carboxylic acids is 1. The molecule has 0 bridgehead atoms. The van der Waals surface area contributed by atoms with Crippen molar-refractivity contribution >= 4 is 68.5 Å². The van der Waals surface area contributed by atoms with Gasteiger partial charge in [0.15, 0.2) is 0 Å². The van der Waals surface area contributed by atoms with Crippen molar-refractivity contribution in [1.82, 2.24) is 0 Å². The molecule has 0 radical (unpaired) electrons. The van der Waals surface area contributed by atoms with E-state index in [9.17, 15) is 13.2 Å². The first kappa shape index (κ1) is 21.8. The lowest BCUT2D eigenvalue weighted by molar-refractivity contribution is 0.100. The Bertz CT molecular complexity index is 914. The van der Waals surface area contributed by atoms with Gasteiger partial charge >= 0.3 is 0 Å². The van der Waals surface area contributed by atoms with Crippen LogP contribution in [0.5, 0.6) is 0 Å². The molecule has 0 unspecified atom stereocenters. The first-order valence-electron chi connectivity index (χ1n) is 6.35. The van der Waals surface area contributed by atoms with Crippen molar-refractivity contribution in [2.45, 2.75) is 0 Å². The van der Waals surface area contributed by atoms with Gasteiger partial charge in [-0.25, -0.2) is 0 Å². The van der Waals surface area contributed by atoms with Crippen LogP contribution in [-0.4, -0.2) is 18.9 Å². The van der Waals surface area contributed by atoms with Crippen LogP contribution in [0.2, 0.25) is 20.1 Å². The highest BCUT2D eigenvalue weighted by atomic mass is 35.5. The number of hydrogen-bond donors (Lipinski definition) is 2. The Morgan fingerprint density at radius 3 is 2.08 bits per heavy atom. The first-order valence-corrected chi connectivity index (χ1v) is 9.36. The number of benzene rings is 2. The third-order valence-electron chi connectivity index (χ3n) is 2.57. The molecule has 5 nitrogen and oxygen atoms in total. The van der Waals surface area contributed by atoms with Gasteiger partial charge in [0.25, 0.3) is 10.1 Å². The van der Waals surface area contributed by atoms with Gasteiger partial charge in [-0.3, -0.25) is 9.35 Å². The van der Waals surface area contributed by atoms with Crippen LogP contribution in [0.1, 0.15) is 15.9 Å². The third-order valence-corrected chi connectivity index (χ3v) is 4.34. The van der Waals surface area contributed by atoms with Crippen LogP contribution in [0.3, 0.4) is 0 Å². The van der Waals surface area contributed by atoms with E-state index in [1.165, 1.54) is 30.3 Å². The summed E-state index contributed by atoms with van der Waals surface area (Å²) in [5.74, 6) is -0.549. The summed E-state index contributed by atoms with van der Waals surface area (Å²) >= 11 is 22.6. The maximum atomic E-state index is 10.6. The molecular formula is C15H11Cl4NO4S. The van der Waals surface area contributed by atoms with E-state index in [4.69, 9.17) is 56.7 Å². The number of halogens is 4. The Kier molecular flexibility index (Phi) is 8.21. The number of primary amides is 1. The van der Waals surface area contributed by atoms with E-state index >= 15 is 0 Å². The Hall–Kier alpha value is -1.28. The van der Waals surface area contributed by atoms with E-state index in [2.05, 4.69) is 0 Å². The predicted octanol–water partition coefficient (Wildman–Crippen LogP) is 4.94. The molecule has 0 fully saturated rings. The lowest BCUT2D eigenvalue weighted by Crippen LogP contribution is -2.11. The second-order valence-electron chi connectivity index (χ2n) is 4.48. The van der Waals surface area contributed by atoms with Gasteiger partial charge < -0.3 is 5.73 Å². The zero-order valence-corrected chi connectivity index (χ0v) is 16.1. The molecule has 10 heteroatoms. The molecule has 0 aliphatic rings. The molecule has 25 heavy (non-hydrogen) atoms. The molecule has 0 saturated heterocycles. The third kappa shape index (κ3) is 8.09. The van der Waals surface area contributed by atoms with Gasteiger partial charge in [-0.15, -0.1) is 0 Å². The molecule has 0 aromatic heterocycles. The van der Waals surface area contributed by atoms with E-state index in [1.807, 2.05) is 0 Å². The largest absolute Gasteiger partial charge is 0.366 e. The van der Waals surface area contributed by atoms with Gasteiger partial charge in [0, 0.05) is 5.02 Å². The zero-order valence-electron chi connectivity index (χ0n) is 12.3. The van der Waals surface area contributed by atoms with Crippen molar-refractivity contribution in [1.29, 1.82) is 0 Å². The second-order valence-corrected chi connectivity index (χ2v) is 7.44. The minimum atomic E-state index is -4.10. The molecule has 1 amide bonds. The average molecular weight is 443 g/mol. The highest BCUT2D eigenvalue weighted by Crippen LogP contribution is 2.23. The van der Waals surface area contributed by atoms with Crippen molar-refractivity contribution in [3.05, 3.63) is 73.0 Å². The molecule has 0 saturated carbocycles. The highest BCUT2D eigenvalue weighted by molar-refractivity contribution is 7.88. The minimum Gasteiger partial charge on any atom is -0.366 e. The summed E-state index contributed by atoms with van der Waals surface area (Å²) in [6.45, 7) is 0. The zero-order chi connectivity index (χ0) is 19.2. The van der Waals surface area contributed by atoms with Gasteiger partial charge in [-0.05, 0) is 42.0 Å². The van der Waals surface area contributed by atoms with Crippen LogP contribution in [-0.2, 0) is 10.1 Å². The van der Waals surface area contributed by atoms with Crippen molar-refractivity contribution in [3.8, 4) is 0 Å². The fourth-order valence-electron chi connectivity index (χ4n) is 1.47. The van der Waals surface area contributed by atoms with Crippen LogP contribution in [0, 0.1) is 0 Å². The van der Waals surface area contributed by atoms with E-state index in [0.29, 0.717) is 26.0 Å². The van der Waals surface area contributed by atoms with Crippen molar-refractivity contribution in [3.63, 3.8) is 0 Å². The standard InChI is InChI=1S/C8H6Cl2O3S.C7H5Cl2NO/c9-7-2-1-6(5-8(7)10)3-4-14(11,12)13;8-4-1-2-5(7(10)11)6(9)3-4/h1-5H,(H,11,12,13);1-3H,(H2,10,11)/b4-3+;. The highest BCUT2D eigenvalue weighted by Gasteiger charge is 2.05. The molecule has 0 aliphatic carbocycles. The topological polar surface area (TPSA) is 97.5 Å². The Morgan fingerprint density at radius 2 is 1.60 bits per heavy atom. The van der Waals surface area contributed by atoms with Gasteiger partial charge in [-0.2, -0.15) is 8.42 Å². The molecule has 0 aliphatic heterocycles. The normalized spacial score (nSPS) is 11.1. The van der Waals surface area contributed by atoms with Gasteiger partial charge in [0.05, 0.1) is 26.0 Å². The van der Waals surface area contributed by atoms with Crippen LogP contribution < -0.4 is 5.73 Å². The number of amides is 1. The van der Waals surface area contributed by atoms with Crippen molar-refractivity contribution in [2.75, 3.05) is 0 Å². The molecule has 0 atom stereocenters. The quantitative estimate of drug-likeness (QED) is 0.657. The van der Waals surface area contributed by atoms with Crippen molar-refractivity contribution in [2.24, 2.45) is 5.73 Å². The lowest BCUT2D eigenvalue weighted by atomic mass is 10.2. The van der Waals surface area contributed by atoms with E-state index < -0.39 is 16.0 Å². The average Bonchev–Trinajstić information content (AvgIpc) is 2.48. The SMILES string of the molecule is NC(=O)c1ccc(Cl)cc1Cl.O=S(=O)(O)/C=C/c1ccc(Cl)c(Cl)c1. The van der Waals surface area contributed by atoms with Gasteiger partial charge in [-0.1, -0.05) is 52.5 Å². The smallest absolute Gasteiger partial charge is 0.287 e. The first-order chi connectivity index (χ1) is 11.5. The summed E-state index contributed by atoms with van der Waals surface area (Å²) in [5.41, 5.74) is 5.83. The van der Waals surface area contributed by atoms with Crippen LogP contribution in [0.15, 0.2) is 41.8 Å². The number of hydrogen-bond acceptors (Lipinski definition) is 3. The van der Waals surface area contributed by atoms with Crippen molar-refractivity contribution < 1.29 is 17.8 Å². The fraction of sp³-hybridized carbons (Fsp3) is 0. The summed E-state index contributed by atoms with van der Waals surface area (Å²) in [5, 5.41) is 2.15. The molecule has 2 aromatic carbocycles. The summed E-state index contributed by atoms with van der Waals surface area (Å²) in [6.07, 6.45) is 1.22. The Balaban J connectivity index is 0.000000257. The molecule has 2 aromatic rings. The second kappa shape index (κ2) is 9.43. The van der Waals surface area contributed by atoms with E-state index in [-0.39, 0.29) is 10.6 Å². The fourth-order valence-corrected chi connectivity index (χ4v) is 2.61. The maximum Gasteiger partial charge on any atom is 0.287 e. The van der Waals surface area contributed by atoms with E-state index in [1.54, 1.807) is 12.1 Å². The Labute approximate surface area is 164 Å². The summed E-state index contributed by atoms with van der Waals surface area (Å²) in [6, 6.07) is 9.14. The Morgan fingerprint density at radius 1 is 0.960 bits per heavy atom. The van der Waals surface area contributed by atoms with Crippen LogP contribution >= 0.6 is 46.4 Å². The lowest BCUT2D eigenvalue weighted by Gasteiger charge is -1.97. The van der Waals surface area contributed by atoms with Gasteiger partial charge in [0.1, 0.15) is 0 Å². The predicted molar refractivity (Wildman–Crippen MR) is 102 cm³/mol. The van der Waals surface area contributed by atoms with E-state index in [0.717, 1.165) is 0 Å². The molecule has 0 spiro atoms. The molecule has 2 rings (SSSR count).